The lowest BCUT2D eigenvalue weighted by Gasteiger charge is -2.54. The number of benzene rings is 1. The Morgan fingerprint density at radius 1 is 1.09 bits per heavy atom. The van der Waals surface area contributed by atoms with Gasteiger partial charge in [0.25, 0.3) is 0 Å². The number of aliphatic hydroxyl groups excluding tert-OH is 1. The average Bonchev–Trinajstić information content (AvgIpc) is 3.12. The molecule has 2 aromatic rings. The standard InChI is InChI=1S/C23H26ClNO10/c1-11(27)25-9-17(16-7-6-15(24)8-18(16)25)23(31)22(5,34-14(4)30)21(33-13(3)29)20(32-12(2)28)19(10-26)35-23/h6-9,19-21,26,31H,10H2,1-5H3/t19-,20-,21+,22-,23-/m1/s1. The van der Waals surface area contributed by atoms with Gasteiger partial charge in [-0.3, -0.25) is 23.7 Å². The summed E-state index contributed by atoms with van der Waals surface area (Å²) >= 11 is 6.12. The quantitative estimate of drug-likeness (QED) is 0.448. The number of hydrogen-bond donors (Lipinski definition) is 2. The van der Waals surface area contributed by atoms with Crippen molar-refractivity contribution < 1.29 is 48.3 Å². The molecule has 1 saturated heterocycles. The molecule has 5 atom stereocenters. The van der Waals surface area contributed by atoms with Crippen LogP contribution >= 0.6 is 11.6 Å². The van der Waals surface area contributed by atoms with E-state index < -0.39 is 60.1 Å². The van der Waals surface area contributed by atoms with Crippen LogP contribution in [0.1, 0.15) is 45.0 Å². The van der Waals surface area contributed by atoms with Gasteiger partial charge in [0, 0.05) is 49.9 Å². The number of rotatable bonds is 5. The van der Waals surface area contributed by atoms with Gasteiger partial charge >= 0.3 is 17.9 Å². The molecule has 3 rings (SSSR count). The number of aliphatic hydroxyl groups is 2. The molecular weight excluding hydrogens is 486 g/mol. The first kappa shape index (κ1) is 26.6. The van der Waals surface area contributed by atoms with Crippen molar-refractivity contribution >= 4 is 46.3 Å². The van der Waals surface area contributed by atoms with Crippen LogP contribution in [-0.4, -0.2) is 69.1 Å². The topological polar surface area (TPSA) is 151 Å². The third kappa shape index (κ3) is 4.64. The lowest BCUT2D eigenvalue weighted by molar-refractivity contribution is -0.393. The fourth-order valence-corrected chi connectivity index (χ4v) is 4.59. The van der Waals surface area contributed by atoms with E-state index in [1.165, 1.54) is 42.8 Å². The highest BCUT2D eigenvalue weighted by Crippen LogP contribution is 2.50. The van der Waals surface area contributed by atoms with Crippen molar-refractivity contribution in [3.63, 3.8) is 0 Å². The smallest absolute Gasteiger partial charge is 0.303 e. The maximum Gasteiger partial charge on any atom is 0.303 e. The molecule has 1 aromatic carbocycles. The molecule has 0 bridgehead atoms. The van der Waals surface area contributed by atoms with Crippen molar-refractivity contribution in [1.82, 2.24) is 4.57 Å². The second-order valence-electron chi connectivity index (χ2n) is 8.38. The minimum atomic E-state index is -2.60. The van der Waals surface area contributed by atoms with Crippen LogP contribution in [-0.2, 0) is 39.1 Å². The number of nitrogens with zero attached hydrogens (tertiary/aromatic N) is 1. The molecular formula is C23H26ClNO10. The number of esters is 3. The average molecular weight is 512 g/mol. The van der Waals surface area contributed by atoms with Gasteiger partial charge in [0.05, 0.1) is 12.1 Å². The van der Waals surface area contributed by atoms with Crippen LogP contribution < -0.4 is 0 Å². The highest BCUT2D eigenvalue weighted by molar-refractivity contribution is 6.31. The first-order valence-corrected chi connectivity index (χ1v) is 11.0. The van der Waals surface area contributed by atoms with Gasteiger partial charge in [-0.25, -0.2) is 0 Å². The Bertz CT molecular complexity index is 1190. The Kier molecular flexibility index (Phi) is 7.28. The van der Waals surface area contributed by atoms with Gasteiger partial charge in [0.15, 0.2) is 12.2 Å². The van der Waals surface area contributed by atoms with Gasteiger partial charge < -0.3 is 29.2 Å². The Morgan fingerprint density at radius 2 is 1.71 bits per heavy atom. The summed E-state index contributed by atoms with van der Waals surface area (Å²) in [5.41, 5.74) is -1.94. The van der Waals surface area contributed by atoms with Crippen LogP contribution in [0, 0.1) is 0 Å². The van der Waals surface area contributed by atoms with E-state index in [9.17, 15) is 29.4 Å². The third-order valence-electron chi connectivity index (χ3n) is 5.81. The van der Waals surface area contributed by atoms with E-state index in [1.807, 2.05) is 0 Å². The summed E-state index contributed by atoms with van der Waals surface area (Å²) in [5.74, 6) is -5.55. The fourth-order valence-electron chi connectivity index (χ4n) is 4.42. The van der Waals surface area contributed by atoms with E-state index in [2.05, 4.69) is 0 Å². The van der Waals surface area contributed by atoms with Crippen molar-refractivity contribution in [3.05, 3.63) is 35.0 Å². The van der Waals surface area contributed by atoms with Crippen LogP contribution in [0.15, 0.2) is 24.4 Å². The summed E-state index contributed by atoms with van der Waals surface area (Å²) in [5, 5.41) is 22.8. The van der Waals surface area contributed by atoms with Crippen molar-refractivity contribution in [2.24, 2.45) is 0 Å². The molecule has 11 nitrogen and oxygen atoms in total. The van der Waals surface area contributed by atoms with Crippen LogP contribution in [0.4, 0.5) is 0 Å². The summed E-state index contributed by atoms with van der Waals surface area (Å²) in [4.78, 5) is 48.4. The van der Waals surface area contributed by atoms with E-state index in [0.29, 0.717) is 15.9 Å². The van der Waals surface area contributed by atoms with Gasteiger partial charge in [-0.1, -0.05) is 17.7 Å². The highest BCUT2D eigenvalue weighted by Gasteiger charge is 2.68. The number of carbonyl (C=O) groups excluding carboxylic acids is 4. The molecule has 0 unspecified atom stereocenters. The summed E-state index contributed by atoms with van der Waals surface area (Å²) in [6, 6.07) is 4.53. The molecule has 12 heteroatoms. The van der Waals surface area contributed by atoms with E-state index in [0.717, 1.165) is 20.8 Å². The maximum absolute atomic E-state index is 12.4. The molecule has 1 aliphatic rings. The van der Waals surface area contributed by atoms with Gasteiger partial charge in [-0.15, -0.1) is 0 Å². The summed E-state index contributed by atoms with van der Waals surface area (Å²) in [6.45, 7) is 4.98. The Balaban J connectivity index is 2.37. The predicted octanol–water partition coefficient (Wildman–Crippen LogP) is 1.68. The van der Waals surface area contributed by atoms with Crippen LogP contribution in [0.3, 0.4) is 0 Å². The third-order valence-corrected chi connectivity index (χ3v) is 6.04. The number of aromatic nitrogens is 1. The van der Waals surface area contributed by atoms with Gasteiger partial charge in [-0.2, -0.15) is 0 Å². The van der Waals surface area contributed by atoms with Gasteiger partial charge in [-0.05, 0) is 19.1 Å². The Labute approximate surface area is 205 Å². The molecule has 2 heterocycles. The summed E-state index contributed by atoms with van der Waals surface area (Å²) < 4.78 is 23.3. The lowest BCUT2D eigenvalue weighted by Crippen LogP contribution is -2.72. The zero-order valence-corrected chi connectivity index (χ0v) is 20.5. The van der Waals surface area contributed by atoms with Crippen LogP contribution in [0.2, 0.25) is 5.02 Å². The second kappa shape index (κ2) is 9.57. The minimum absolute atomic E-state index is 0.0417. The molecule has 190 valence electrons. The zero-order valence-electron chi connectivity index (χ0n) is 19.7. The molecule has 0 spiro atoms. The number of ether oxygens (including phenoxy) is 4. The van der Waals surface area contributed by atoms with E-state index in [1.54, 1.807) is 0 Å². The Hall–Kier alpha value is -2.99. The van der Waals surface area contributed by atoms with Crippen molar-refractivity contribution in [3.8, 4) is 0 Å². The number of carbonyl (C=O) groups is 4. The molecule has 1 aliphatic heterocycles. The first-order valence-electron chi connectivity index (χ1n) is 10.6. The van der Waals surface area contributed by atoms with Crippen molar-refractivity contribution in [2.75, 3.05) is 6.61 Å². The second-order valence-corrected chi connectivity index (χ2v) is 8.82. The highest BCUT2D eigenvalue weighted by atomic mass is 35.5. The largest absolute Gasteiger partial charge is 0.456 e. The molecule has 0 radical (unpaired) electrons. The zero-order chi connectivity index (χ0) is 26.3. The molecule has 35 heavy (non-hydrogen) atoms. The fraction of sp³-hybridized carbons (Fsp3) is 0.478. The number of halogens is 1. The predicted molar refractivity (Wildman–Crippen MR) is 120 cm³/mol. The maximum atomic E-state index is 12.4. The molecule has 2 N–H and O–H groups in total. The van der Waals surface area contributed by atoms with Gasteiger partial charge in [0.1, 0.15) is 6.10 Å². The Morgan fingerprint density at radius 3 is 2.23 bits per heavy atom. The lowest BCUT2D eigenvalue weighted by atomic mass is 9.77. The number of fused-ring (bicyclic) bond motifs is 1. The normalized spacial score (nSPS) is 28.4. The number of hydrogen-bond acceptors (Lipinski definition) is 10. The van der Waals surface area contributed by atoms with E-state index in [-0.39, 0.29) is 5.56 Å². The first-order chi connectivity index (χ1) is 16.2. The SMILES string of the molecule is CC(=O)O[C@@H]1[C@@H](CO)O[C@](O)(c2cn(C(C)=O)c3cc(Cl)ccc23)[C@](C)(OC(C)=O)[C@H]1OC(C)=O. The molecule has 1 aromatic heterocycles. The van der Waals surface area contributed by atoms with E-state index >= 15 is 0 Å². The summed E-state index contributed by atoms with van der Waals surface area (Å²) in [7, 11) is 0. The monoisotopic (exact) mass is 511 g/mol. The van der Waals surface area contributed by atoms with Crippen LogP contribution in [0.25, 0.3) is 10.9 Å². The van der Waals surface area contributed by atoms with Gasteiger partial charge in [0.2, 0.25) is 17.3 Å². The summed E-state index contributed by atoms with van der Waals surface area (Å²) in [6.07, 6.45) is -3.22. The van der Waals surface area contributed by atoms with Crippen molar-refractivity contribution in [2.45, 2.75) is 64.3 Å². The molecule has 1 fully saturated rings. The van der Waals surface area contributed by atoms with Crippen LogP contribution in [0.5, 0.6) is 0 Å². The molecule has 0 saturated carbocycles. The molecule has 0 aliphatic carbocycles. The van der Waals surface area contributed by atoms with E-state index in [4.69, 9.17) is 30.5 Å². The minimum Gasteiger partial charge on any atom is -0.456 e. The molecule has 0 amide bonds. The van der Waals surface area contributed by atoms with Crippen molar-refractivity contribution in [1.29, 1.82) is 0 Å².